The molecule has 0 aliphatic rings. The molecule has 1 aromatic rings. The first-order chi connectivity index (χ1) is 7.34. The fourth-order valence-corrected chi connectivity index (χ4v) is 1.61. The summed E-state index contributed by atoms with van der Waals surface area (Å²) in [7, 11) is 12.1. The number of hydrogen-bond donors (Lipinski definition) is 1. The minimum absolute atomic E-state index is 0.820. The average molecular weight is 222 g/mol. The van der Waals surface area contributed by atoms with E-state index in [1.165, 1.54) is 0 Å². The fourth-order valence-electron chi connectivity index (χ4n) is 1.61. The van der Waals surface area contributed by atoms with Gasteiger partial charge in [-0.15, -0.1) is 0 Å². The van der Waals surface area contributed by atoms with Gasteiger partial charge in [-0.05, 0) is 12.1 Å². The standard InChI is InChI=1S/C12H22N4/c1-14(2)9-7-10(15(3)4)12(13)11(8-9)16(5)6/h7-8H,13H2,1-6H3. The van der Waals surface area contributed by atoms with Crippen LogP contribution in [0.5, 0.6) is 0 Å². The molecule has 0 heterocycles. The molecule has 0 aliphatic carbocycles. The molecule has 2 N–H and O–H groups in total. The van der Waals surface area contributed by atoms with E-state index >= 15 is 0 Å². The van der Waals surface area contributed by atoms with Crippen molar-refractivity contribution in [3.05, 3.63) is 12.1 Å². The maximum absolute atomic E-state index is 6.15. The van der Waals surface area contributed by atoms with Gasteiger partial charge in [0.15, 0.2) is 0 Å². The second-order valence-electron chi connectivity index (χ2n) is 4.58. The Kier molecular flexibility index (Phi) is 3.52. The van der Waals surface area contributed by atoms with Crippen molar-refractivity contribution >= 4 is 22.7 Å². The van der Waals surface area contributed by atoms with Gasteiger partial charge in [-0.2, -0.15) is 0 Å². The highest BCUT2D eigenvalue weighted by Gasteiger charge is 2.12. The number of anilines is 4. The number of hydrogen-bond acceptors (Lipinski definition) is 4. The van der Waals surface area contributed by atoms with Crippen molar-refractivity contribution in [3.8, 4) is 0 Å². The number of benzene rings is 1. The number of rotatable bonds is 3. The van der Waals surface area contributed by atoms with Crippen molar-refractivity contribution in [3.63, 3.8) is 0 Å². The summed E-state index contributed by atoms with van der Waals surface area (Å²) in [5.74, 6) is 0. The van der Waals surface area contributed by atoms with Crippen LogP contribution in [0.4, 0.5) is 22.7 Å². The Bertz CT molecular complexity index is 340. The van der Waals surface area contributed by atoms with Crippen molar-refractivity contribution in [2.75, 3.05) is 62.7 Å². The van der Waals surface area contributed by atoms with E-state index < -0.39 is 0 Å². The summed E-state index contributed by atoms with van der Waals surface area (Å²) in [6.45, 7) is 0. The van der Waals surface area contributed by atoms with Gasteiger partial charge >= 0.3 is 0 Å². The Labute approximate surface area is 98.2 Å². The third-order valence-corrected chi connectivity index (χ3v) is 2.60. The summed E-state index contributed by atoms with van der Waals surface area (Å²) >= 11 is 0. The molecule has 16 heavy (non-hydrogen) atoms. The van der Waals surface area contributed by atoms with E-state index in [0.717, 1.165) is 22.7 Å². The smallest absolute Gasteiger partial charge is 0.0790 e. The van der Waals surface area contributed by atoms with E-state index in [9.17, 15) is 0 Å². The molecule has 4 nitrogen and oxygen atoms in total. The molecule has 1 rings (SSSR count). The fraction of sp³-hybridized carbons (Fsp3) is 0.500. The normalized spacial score (nSPS) is 10.1. The van der Waals surface area contributed by atoms with Crippen LogP contribution in [-0.2, 0) is 0 Å². The zero-order valence-corrected chi connectivity index (χ0v) is 11.1. The maximum atomic E-state index is 6.15. The van der Waals surface area contributed by atoms with Crippen LogP contribution in [0.15, 0.2) is 12.1 Å². The Morgan fingerprint density at radius 2 is 1.12 bits per heavy atom. The highest BCUT2D eigenvalue weighted by molar-refractivity contribution is 5.85. The molecular formula is C12H22N4. The summed E-state index contributed by atoms with van der Waals surface area (Å²) in [5.41, 5.74) is 10.2. The third kappa shape index (κ3) is 2.32. The van der Waals surface area contributed by atoms with E-state index in [1.807, 2.05) is 52.1 Å². The van der Waals surface area contributed by atoms with Crippen LogP contribution in [-0.4, -0.2) is 42.3 Å². The van der Waals surface area contributed by atoms with Gasteiger partial charge in [0.25, 0.3) is 0 Å². The van der Waals surface area contributed by atoms with Gasteiger partial charge in [0.2, 0.25) is 0 Å². The highest BCUT2D eigenvalue weighted by atomic mass is 15.1. The van der Waals surface area contributed by atoms with Crippen LogP contribution in [0.25, 0.3) is 0 Å². The lowest BCUT2D eigenvalue weighted by atomic mass is 10.1. The van der Waals surface area contributed by atoms with Gasteiger partial charge < -0.3 is 20.4 Å². The lowest BCUT2D eigenvalue weighted by Crippen LogP contribution is -2.18. The molecular weight excluding hydrogens is 200 g/mol. The second-order valence-corrected chi connectivity index (χ2v) is 4.58. The van der Waals surface area contributed by atoms with E-state index in [1.54, 1.807) is 0 Å². The summed E-state index contributed by atoms with van der Waals surface area (Å²) in [6.07, 6.45) is 0. The first kappa shape index (κ1) is 12.5. The van der Waals surface area contributed by atoms with E-state index in [2.05, 4.69) is 17.0 Å². The lowest BCUT2D eigenvalue weighted by molar-refractivity contribution is 1.08. The van der Waals surface area contributed by atoms with Crippen molar-refractivity contribution < 1.29 is 0 Å². The topological polar surface area (TPSA) is 35.7 Å². The molecule has 0 saturated heterocycles. The van der Waals surface area contributed by atoms with Crippen molar-refractivity contribution in [1.29, 1.82) is 0 Å². The molecule has 1 aromatic carbocycles. The van der Waals surface area contributed by atoms with Crippen molar-refractivity contribution in [1.82, 2.24) is 0 Å². The van der Waals surface area contributed by atoms with Gasteiger partial charge in [-0.1, -0.05) is 0 Å². The molecule has 0 unspecified atom stereocenters. The Morgan fingerprint density at radius 3 is 1.38 bits per heavy atom. The number of nitrogens with zero attached hydrogens (tertiary/aromatic N) is 3. The molecule has 0 spiro atoms. The molecule has 0 fully saturated rings. The van der Waals surface area contributed by atoms with Crippen LogP contribution < -0.4 is 20.4 Å². The monoisotopic (exact) mass is 222 g/mol. The number of nitrogen functional groups attached to an aromatic ring is 1. The Hall–Kier alpha value is -1.58. The first-order valence-electron chi connectivity index (χ1n) is 5.30. The van der Waals surface area contributed by atoms with Gasteiger partial charge in [0.1, 0.15) is 0 Å². The molecule has 0 aromatic heterocycles. The van der Waals surface area contributed by atoms with Crippen LogP contribution >= 0.6 is 0 Å². The molecule has 0 atom stereocenters. The predicted octanol–water partition coefficient (Wildman–Crippen LogP) is 1.47. The van der Waals surface area contributed by atoms with Gasteiger partial charge in [-0.3, -0.25) is 0 Å². The van der Waals surface area contributed by atoms with Crippen LogP contribution in [0.2, 0.25) is 0 Å². The maximum Gasteiger partial charge on any atom is 0.0790 e. The molecule has 90 valence electrons. The second kappa shape index (κ2) is 4.51. The van der Waals surface area contributed by atoms with Gasteiger partial charge in [0.05, 0.1) is 17.1 Å². The number of nitrogens with two attached hydrogens (primary N) is 1. The Morgan fingerprint density at radius 1 is 0.750 bits per heavy atom. The largest absolute Gasteiger partial charge is 0.395 e. The Balaban J connectivity index is 3.39. The summed E-state index contributed by atoms with van der Waals surface area (Å²) in [5, 5.41) is 0. The molecule has 0 bridgehead atoms. The van der Waals surface area contributed by atoms with E-state index in [0.29, 0.717) is 0 Å². The SMILES string of the molecule is CN(C)c1cc(N(C)C)c(N)c(N(C)C)c1. The average Bonchev–Trinajstić information content (AvgIpc) is 2.16. The van der Waals surface area contributed by atoms with Crippen LogP contribution in [0, 0.1) is 0 Å². The van der Waals surface area contributed by atoms with E-state index in [-0.39, 0.29) is 0 Å². The van der Waals surface area contributed by atoms with Crippen LogP contribution in [0.3, 0.4) is 0 Å². The predicted molar refractivity (Wildman–Crippen MR) is 73.8 cm³/mol. The van der Waals surface area contributed by atoms with Crippen molar-refractivity contribution in [2.45, 2.75) is 0 Å². The lowest BCUT2D eigenvalue weighted by Gasteiger charge is -2.25. The molecule has 4 heteroatoms. The van der Waals surface area contributed by atoms with Crippen molar-refractivity contribution in [2.24, 2.45) is 0 Å². The summed E-state index contributed by atoms with van der Waals surface area (Å²) in [4.78, 5) is 6.16. The van der Waals surface area contributed by atoms with Gasteiger partial charge in [0, 0.05) is 48.0 Å². The minimum atomic E-state index is 0.820. The van der Waals surface area contributed by atoms with E-state index in [4.69, 9.17) is 5.73 Å². The first-order valence-corrected chi connectivity index (χ1v) is 5.30. The zero-order valence-electron chi connectivity index (χ0n) is 11.1. The quantitative estimate of drug-likeness (QED) is 0.786. The molecule has 0 aliphatic heterocycles. The zero-order chi connectivity index (χ0) is 12.5. The van der Waals surface area contributed by atoms with Crippen LogP contribution in [0.1, 0.15) is 0 Å². The summed E-state index contributed by atoms with van der Waals surface area (Å²) in [6, 6.07) is 4.20. The molecule has 0 saturated carbocycles. The molecule has 0 radical (unpaired) electrons. The third-order valence-electron chi connectivity index (χ3n) is 2.60. The molecule has 0 amide bonds. The summed E-state index contributed by atoms with van der Waals surface area (Å²) < 4.78 is 0. The minimum Gasteiger partial charge on any atom is -0.395 e. The highest BCUT2D eigenvalue weighted by Crippen LogP contribution is 2.35. The van der Waals surface area contributed by atoms with Gasteiger partial charge in [-0.25, -0.2) is 0 Å².